The third-order valence-electron chi connectivity index (χ3n) is 4.02. The van der Waals surface area contributed by atoms with Gasteiger partial charge in [0.1, 0.15) is 5.82 Å². The normalized spacial score (nSPS) is 15.5. The number of piperazine rings is 1. The maximum absolute atomic E-state index is 13.7. The van der Waals surface area contributed by atoms with Crippen LogP contribution in [0, 0.1) is 5.82 Å². The van der Waals surface area contributed by atoms with Crippen molar-refractivity contribution in [1.29, 1.82) is 0 Å². The van der Waals surface area contributed by atoms with E-state index in [9.17, 15) is 4.39 Å². The molecule has 1 aromatic carbocycles. The monoisotopic (exact) mass is 328 g/mol. The second-order valence-corrected chi connectivity index (χ2v) is 5.52. The van der Waals surface area contributed by atoms with E-state index in [1.165, 1.54) is 6.07 Å². The smallest absolute Gasteiger partial charge is 0.225 e. The van der Waals surface area contributed by atoms with Gasteiger partial charge in [-0.15, -0.1) is 0 Å². The van der Waals surface area contributed by atoms with Gasteiger partial charge in [-0.3, -0.25) is 4.99 Å². The summed E-state index contributed by atoms with van der Waals surface area (Å²) in [6.07, 6.45) is 3.51. The van der Waals surface area contributed by atoms with E-state index in [1.54, 1.807) is 31.6 Å². The van der Waals surface area contributed by atoms with E-state index in [0.29, 0.717) is 12.1 Å². The Hall–Kier alpha value is -2.70. The van der Waals surface area contributed by atoms with E-state index in [2.05, 4.69) is 30.1 Å². The summed E-state index contributed by atoms with van der Waals surface area (Å²) in [6.45, 7) is 3.70. The standard InChI is InChI=1S/C17H21FN6/c1-19-16(22-13-14-5-2-3-6-15(14)18)23-9-11-24(12-10-23)17-20-7-4-8-21-17/h2-8H,9-13H2,1H3,(H,19,22). The molecular formula is C17H21FN6. The molecule has 0 bridgehead atoms. The summed E-state index contributed by atoms with van der Waals surface area (Å²) < 4.78 is 13.7. The Morgan fingerprint density at radius 1 is 1.12 bits per heavy atom. The first-order valence-electron chi connectivity index (χ1n) is 7.99. The number of nitrogens with one attached hydrogen (secondary N) is 1. The zero-order valence-corrected chi connectivity index (χ0v) is 13.7. The zero-order valence-electron chi connectivity index (χ0n) is 13.7. The maximum atomic E-state index is 13.7. The highest BCUT2D eigenvalue weighted by Gasteiger charge is 2.21. The fraction of sp³-hybridized carbons (Fsp3) is 0.353. The molecule has 1 aliphatic heterocycles. The van der Waals surface area contributed by atoms with Crippen molar-refractivity contribution in [2.75, 3.05) is 38.1 Å². The van der Waals surface area contributed by atoms with Crippen molar-refractivity contribution >= 4 is 11.9 Å². The third kappa shape index (κ3) is 3.79. The molecule has 0 radical (unpaired) electrons. The topological polar surface area (TPSA) is 56.7 Å². The molecule has 0 spiro atoms. The van der Waals surface area contributed by atoms with Gasteiger partial charge in [0.15, 0.2) is 5.96 Å². The third-order valence-corrected chi connectivity index (χ3v) is 4.02. The van der Waals surface area contributed by atoms with Crippen molar-refractivity contribution in [3.05, 3.63) is 54.1 Å². The lowest BCUT2D eigenvalue weighted by Gasteiger charge is -2.36. The minimum absolute atomic E-state index is 0.202. The number of rotatable bonds is 3. The number of guanidine groups is 1. The number of anilines is 1. The lowest BCUT2D eigenvalue weighted by molar-refractivity contribution is 0.369. The van der Waals surface area contributed by atoms with Crippen LogP contribution < -0.4 is 10.2 Å². The van der Waals surface area contributed by atoms with Crippen LogP contribution in [0.5, 0.6) is 0 Å². The first-order valence-corrected chi connectivity index (χ1v) is 7.99. The van der Waals surface area contributed by atoms with E-state index in [1.807, 2.05) is 12.1 Å². The van der Waals surface area contributed by atoms with Crippen molar-refractivity contribution in [2.45, 2.75) is 6.54 Å². The summed E-state index contributed by atoms with van der Waals surface area (Å²) in [6, 6.07) is 8.59. The Morgan fingerprint density at radius 2 is 1.83 bits per heavy atom. The average molecular weight is 328 g/mol. The van der Waals surface area contributed by atoms with Crippen LogP contribution in [0.15, 0.2) is 47.7 Å². The molecule has 7 heteroatoms. The molecule has 0 unspecified atom stereocenters. The van der Waals surface area contributed by atoms with Gasteiger partial charge in [0.05, 0.1) is 0 Å². The summed E-state index contributed by atoms with van der Waals surface area (Å²) in [5.74, 6) is 1.34. The molecule has 3 rings (SSSR count). The summed E-state index contributed by atoms with van der Waals surface area (Å²) in [5, 5.41) is 3.24. The second kappa shape index (κ2) is 7.72. The molecule has 24 heavy (non-hydrogen) atoms. The number of hydrogen-bond acceptors (Lipinski definition) is 4. The highest BCUT2D eigenvalue weighted by Crippen LogP contribution is 2.10. The van der Waals surface area contributed by atoms with Crippen molar-refractivity contribution in [3.8, 4) is 0 Å². The van der Waals surface area contributed by atoms with Crippen LogP contribution in [0.3, 0.4) is 0 Å². The lowest BCUT2D eigenvalue weighted by atomic mass is 10.2. The predicted molar refractivity (Wildman–Crippen MR) is 92.4 cm³/mol. The van der Waals surface area contributed by atoms with Crippen LogP contribution in [0.25, 0.3) is 0 Å². The van der Waals surface area contributed by atoms with Crippen molar-refractivity contribution in [2.24, 2.45) is 4.99 Å². The van der Waals surface area contributed by atoms with Gasteiger partial charge in [-0.2, -0.15) is 0 Å². The van der Waals surface area contributed by atoms with Gasteiger partial charge in [-0.1, -0.05) is 18.2 Å². The zero-order chi connectivity index (χ0) is 16.8. The molecule has 2 heterocycles. The molecule has 126 valence electrons. The first-order chi connectivity index (χ1) is 11.8. The number of benzene rings is 1. The van der Waals surface area contributed by atoms with Crippen LogP contribution in [-0.2, 0) is 6.54 Å². The molecule has 0 aliphatic carbocycles. The summed E-state index contributed by atoms with van der Waals surface area (Å²) in [7, 11) is 1.75. The second-order valence-electron chi connectivity index (χ2n) is 5.52. The number of hydrogen-bond donors (Lipinski definition) is 1. The Balaban J connectivity index is 1.55. The Kier molecular flexibility index (Phi) is 5.20. The summed E-state index contributed by atoms with van der Waals surface area (Å²) in [5.41, 5.74) is 0.634. The molecule has 1 N–H and O–H groups in total. The minimum Gasteiger partial charge on any atom is -0.352 e. The largest absolute Gasteiger partial charge is 0.352 e. The molecular weight excluding hydrogens is 307 g/mol. The van der Waals surface area contributed by atoms with Crippen molar-refractivity contribution in [1.82, 2.24) is 20.2 Å². The number of nitrogens with zero attached hydrogens (tertiary/aromatic N) is 5. The molecule has 2 aromatic rings. The van der Waals surface area contributed by atoms with Crippen LogP contribution in [0.4, 0.5) is 10.3 Å². The van der Waals surface area contributed by atoms with E-state index in [0.717, 1.165) is 38.1 Å². The van der Waals surface area contributed by atoms with Crippen LogP contribution >= 0.6 is 0 Å². The summed E-state index contributed by atoms with van der Waals surface area (Å²) >= 11 is 0. The van der Waals surface area contributed by atoms with Crippen LogP contribution in [-0.4, -0.2) is 54.1 Å². The van der Waals surface area contributed by atoms with E-state index >= 15 is 0 Å². The van der Waals surface area contributed by atoms with Gasteiger partial charge in [0, 0.05) is 57.7 Å². The van der Waals surface area contributed by atoms with E-state index in [-0.39, 0.29) is 5.82 Å². The molecule has 0 atom stereocenters. The Morgan fingerprint density at radius 3 is 2.50 bits per heavy atom. The van der Waals surface area contributed by atoms with Crippen molar-refractivity contribution < 1.29 is 4.39 Å². The fourth-order valence-corrected chi connectivity index (χ4v) is 2.72. The van der Waals surface area contributed by atoms with Gasteiger partial charge in [-0.25, -0.2) is 14.4 Å². The van der Waals surface area contributed by atoms with Gasteiger partial charge in [-0.05, 0) is 12.1 Å². The van der Waals surface area contributed by atoms with Gasteiger partial charge in [0.25, 0.3) is 0 Å². The Labute approximate surface area is 141 Å². The molecule has 0 saturated carbocycles. The van der Waals surface area contributed by atoms with E-state index in [4.69, 9.17) is 0 Å². The SMILES string of the molecule is CN=C(NCc1ccccc1F)N1CCN(c2ncccn2)CC1. The first kappa shape index (κ1) is 16.2. The quantitative estimate of drug-likeness (QED) is 0.684. The maximum Gasteiger partial charge on any atom is 0.225 e. The number of aromatic nitrogens is 2. The molecule has 1 aromatic heterocycles. The van der Waals surface area contributed by atoms with Gasteiger partial charge in [0.2, 0.25) is 5.95 Å². The lowest BCUT2D eigenvalue weighted by Crippen LogP contribution is -2.52. The summed E-state index contributed by atoms with van der Waals surface area (Å²) in [4.78, 5) is 17.2. The Bertz CT molecular complexity index is 682. The van der Waals surface area contributed by atoms with Gasteiger partial charge < -0.3 is 15.1 Å². The number of halogens is 1. The molecule has 6 nitrogen and oxygen atoms in total. The highest BCUT2D eigenvalue weighted by atomic mass is 19.1. The highest BCUT2D eigenvalue weighted by molar-refractivity contribution is 5.80. The van der Waals surface area contributed by atoms with E-state index < -0.39 is 0 Å². The molecule has 1 saturated heterocycles. The molecule has 1 fully saturated rings. The molecule has 0 amide bonds. The van der Waals surface area contributed by atoms with Crippen LogP contribution in [0.2, 0.25) is 0 Å². The minimum atomic E-state index is -0.202. The van der Waals surface area contributed by atoms with Crippen molar-refractivity contribution in [3.63, 3.8) is 0 Å². The predicted octanol–water partition coefficient (Wildman–Crippen LogP) is 1.51. The number of aliphatic imine (C=N–C) groups is 1. The van der Waals surface area contributed by atoms with Crippen LogP contribution in [0.1, 0.15) is 5.56 Å². The van der Waals surface area contributed by atoms with Gasteiger partial charge >= 0.3 is 0 Å². The average Bonchev–Trinajstić information content (AvgIpc) is 2.65. The molecule has 1 aliphatic rings. The fourth-order valence-electron chi connectivity index (χ4n) is 2.72.